The molecule has 120 valence electrons. The molecule has 0 spiro atoms. The van der Waals surface area contributed by atoms with E-state index in [0.29, 0.717) is 22.3 Å². The Balaban J connectivity index is 2.24. The van der Waals surface area contributed by atoms with Gasteiger partial charge in [-0.05, 0) is 29.3 Å². The van der Waals surface area contributed by atoms with Crippen LogP contribution in [-0.4, -0.2) is 11.7 Å². The Labute approximate surface area is 143 Å². The van der Waals surface area contributed by atoms with Crippen LogP contribution in [-0.2, 0) is 0 Å². The molecule has 3 aromatic rings. The lowest BCUT2D eigenvalue weighted by molar-refractivity contribution is 0.102. The summed E-state index contributed by atoms with van der Waals surface area (Å²) in [5, 5.41) is 0. The lowest BCUT2D eigenvalue weighted by Crippen LogP contribution is -2.04. The van der Waals surface area contributed by atoms with Gasteiger partial charge in [0.05, 0.1) is 5.88 Å². The zero-order valence-electron chi connectivity index (χ0n) is 12.6. The molecule has 3 aromatic carbocycles. The first-order valence-electron chi connectivity index (χ1n) is 7.35. The molecule has 1 nitrogen and oxygen atoms in total. The van der Waals surface area contributed by atoms with Crippen LogP contribution >= 0.6 is 11.6 Å². The Morgan fingerprint density at radius 3 is 1.96 bits per heavy atom. The van der Waals surface area contributed by atoms with Crippen molar-refractivity contribution in [1.82, 2.24) is 0 Å². The quantitative estimate of drug-likeness (QED) is 0.437. The van der Waals surface area contributed by atoms with E-state index in [1.54, 1.807) is 54.6 Å². The van der Waals surface area contributed by atoms with E-state index in [2.05, 4.69) is 0 Å². The second kappa shape index (κ2) is 6.93. The average Bonchev–Trinajstić information content (AvgIpc) is 2.61. The smallest absolute Gasteiger partial charge is 0.178 e. The summed E-state index contributed by atoms with van der Waals surface area (Å²) in [5.41, 5.74) is 1.95. The molecular weight excluding hydrogens is 330 g/mol. The Morgan fingerprint density at radius 1 is 0.792 bits per heavy atom. The van der Waals surface area contributed by atoms with Gasteiger partial charge in [-0.25, -0.2) is 8.78 Å². The normalized spacial score (nSPS) is 10.6. The number of carbonyl (C=O) groups is 1. The third-order valence-corrected chi connectivity index (χ3v) is 4.03. The van der Waals surface area contributed by atoms with Crippen LogP contribution in [0.2, 0.25) is 0 Å². The summed E-state index contributed by atoms with van der Waals surface area (Å²) in [4.78, 5) is 12.1. The highest BCUT2D eigenvalue weighted by atomic mass is 35.5. The summed E-state index contributed by atoms with van der Waals surface area (Å²) in [6.07, 6.45) is 0. The molecule has 0 saturated heterocycles. The highest BCUT2D eigenvalue weighted by Gasteiger charge is 2.16. The molecule has 0 atom stereocenters. The minimum atomic E-state index is -0.452. The van der Waals surface area contributed by atoms with Crippen molar-refractivity contribution in [2.45, 2.75) is 0 Å². The first-order valence-corrected chi connectivity index (χ1v) is 7.88. The van der Waals surface area contributed by atoms with E-state index >= 15 is 0 Å². The van der Waals surface area contributed by atoms with Gasteiger partial charge in [-0.3, -0.25) is 4.79 Å². The maximum Gasteiger partial charge on any atom is 0.178 e. The summed E-state index contributed by atoms with van der Waals surface area (Å²) in [5.74, 6) is -1.35. The molecule has 0 bridgehead atoms. The largest absolute Gasteiger partial charge is 0.293 e. The Bertz CT molecular complexity index is 906. The SMILES string of the molecule is O=C(CCl)c1ccc(-c2ccccc2F)cc1-c1ccccc1F. The van der Waals surface area contributed by atoms with Gasteiger partial charge >= 0.3 is 0 Å². The monoisotopic (exact) mass is 342 g/mol. The summed E-state index contributed by atoms with van der Waals surface area (Å²) in [7, 11) is 0. The molecule has 0 aliphatic carbocycles. The summed E-state index contributed by atoms with van der Waals surface area (Å²) < 4.78 is 28.3. The number of hydrogen-bond acceptors (Lipinski definition) is 1. The molecule has 0 aliphatic heterocycles. The molecule has 0 saturated carbocycles. The van der Waals surface area contributed by atoms with E-state index in [1.807, 2.05) is 0 Å². The molecule has 0 amide bonds. The van der Waals surface area contributed by atoms with Gasteiger partial charge in [0.1, 0.15) is 11.6 Å². The highest BCUT2D eigenvalue weighted by Crippen LogP contribution is 2.32. The number of alkyl halides is 1. The van der Waals surface area contributed by atoms with Gasteiger partial charge in [0.2, 0.25) is 0 Å². The van der Waals surface area contributed by atoms with Crippen LogP contribution in [0.1, 0.15) is 10.4 Å². The highest BCUT2D eigenvalue weighted by molar-refractivity contribution is 6.31. The molecule has 0 radical (unpaired) electrons. The van der Waals surface area contributed by atoms with Crippen molar-refractivity contribution in [3.8, 4) is 22.3 Å². The summed E-state index contributed by atoms with van der Waals surface area (Å²) in [6, 6.07) is 17.3. The van der Waals surface area contributed by atoms with Gasteiger partial charge in [-0.1, -0.05) is 48.5 Å². The molecule has 4 heteroatoms. The van der Waals surface area contributed by atoms with E-state index in [9.17, 15) is 13.6 Å². The molecule has 24 heavy (non-hydrogen) atoms. The maximum absolute atomic E-state index is 14.2. The number of benzene rings is 3. The number of ketones is 1. The van der Waals surface area contributed by atoms with Gasteiger partial charge < -0.3 is 0 Å². The Kier molecular flexibility index (Phi) is 4.72. The minimum absolute atomic E-state index is 0.208. The second-order valence-electron chi connectivity index (χ2n) is 5.28. The predicted octanol–water partition coefficient (Wildman–Crippen LogP) is 5.72. The zero-order valence-corrected chi connectivity index (χ0v) is 13.4. The Hall–Kier alpha value is -2.52. The van der Waals surface area contributed by atoms with Crippen LogP contribution < -0.4 is 0 Å². The van der Waals surface area contributed by atoms with Crippen molar-refractivity contribution in [2.75, 3.05) is 5.88 Å². The molecule has 0 unspecified atom stereocenters. The van der Waals surface area contributed by atoms with Crippen molar-refractivity contribution in [3.05, 3.63) is 83.9 Å². The van der Waals surface area contributed by atoms with Crippen LogP contribution in [0.5, 0.6) is 0 Å². The predicted molar refractivity (Wildman–Crippen MR) is 92.3 cm³/mol. The number of carbonyl (C=O) groups excluding carboxylic acids is 1. The lowest BCUT2D eigenvalue weighted by atomic mass is 9.92. The van der Waals surface area contributed by atoms with Gasteiger partial charge in [-0.2, -0.15) is 0 Å². The standard InChI is InChI=1S/C20H13ClF2O/c21-12-20(24)16-10-9-13(14-5-1-3-7-18(14)22)11-17(16)15-6-2-4-8-19(15)23/h1-11H,12H2. The van der Waals surface area contributed by atoms with Crippen LogP contribution in [0.4, 0.5) is 8.78 Å². The van der Waals surface area contributed by atoms with Crippen molar-refractivity contribution >= 4 is 17.4 Å². The van der Waals surface area contributed by atoms with Gasteiger partial charge in [0.25, 0.3) is 0 Å². The van der Waals surface area contributed by atoms with Crippen molar-refractivity contribution in [2.24, 2.45) is 0 Å². The summed E-state index contributed by atoms with van der Waals surface area (Å²) in [6.45, 7) is 0. The zero-order chi connectivity index (χ0) is 17.1. The fourth-order valence-corrected chi connectivity index (χ4v) is 2.77. The van der Waals surface area contributed by atoms with Crippen molar-refractivity contribution in [3.63, 3.8) is 0 Å². The maximum atomic E-state index is 14.2. The van der Waals surface area contributed by atoms with E-state index in [1.165, 1.54) is 12.1 Å². The molecular formula is C20H13ClF2O. The van der Waals surface area contributed by atoms with E-state index < -0.39 is 5.82 Å². The molecule has 0 N–H and O–H groups in total. The van der Waals surface area contributed by atoms with Crippen molar-refractivity contribution < 1.29 is 13.6 Å². The number of hydrogen-bond donors (Lipinski definition) is 0. The van der Waals surface area contributed by atoms with Crippen LogP contribution in [0, 0.1) is 11.6 Å². The first kappa shape index (κ1) is 16.3. The van der Waals surface area contributed by atoms with E-state index in [0.717, 1.165) is 0 Å². The first-order chi connectivity index (χ1) is 11.6. The molecule has 0 aliphatic rings. The molecule has 0 aromatic heterocycles. The fraction of sp³-hybridized carbons (Fsp3) is 0.0500. The molecule has 0 heterocycles. The topological polar surface area (TPSA) is 17.1 Å². The third-order valence-electron chi connectivity index (χ3n) is 3.79. The third kappa shape index (κ3) is 3.08. The van der Waals surface area contributed by atoms with Crippen molar-refractivity contribution in [1.29, 1.82) is 0 Å². The van der Waals surface area contributed by atoms with E-state index in [4.69, 9.17) is 11.6 Å². The summed E-state index contributed by atoms with van der Waals surface area (Å²) >= 11 is 5.66. The second-order valence-corrected chi connectivity index (χ2v) is 5.54. The van der Waals surface area contributed by atoms with Gasteiger partial charge in [-0.15, -0.1) is 11.6 Å². The lowest BCUT2D eigenvalue weighted by Gasteiger charge is -2.12. The van der Waals surface area contributed by atoms with Gasteiger partial charge in [0.15, 0.2) is 5.78 Å². The number of rotatable bonds is 4. The van der Waals surface area contributed by atoms with Crippen LogP contribution in [0.25, 0.3) is 22.3 Å². The van der Waals surface area contributed by atoms with E-state index in [-0.39, 0.29) is 23.0 Å². The average molecular weight is 343 g/mol. The Morgan fingerprint density at radius 2 is 1.38 bits per heavy atom. The van der Waals surface area contributed by atoms with Crippen LogP contribution in [0.15, 0.2) is 66.7 Å². The van der Waals surface area contributed by atoms with Gasteiger partial charge in [0, 0.05) is 16.7 Å². The minimum Gasteiger partial charge on any atom is -0.293 e. The fourth-order valence-electron chi connectivity index (χ4n) is 2.62. The number of halogens is 3. The molecule has 0 fully saturated rings. The molecule has 3 rings (SSSR count). The van der Waals surface area contributed by atoms with Crippen LogP contribution in [0.3, 0.4) is 0 Å². The number of Topliss-reactive ketones (excluding diaryl/α,β-unsaturated/α-hetero) is 1.